The number of amides is 1. The third-order valence-electron chi connectivity index (χ3n) is 5.00. The number of hydrogen-bond donors (Lipinski definition) is 1. The first-order valence-corrected chi connectivity index (χ1v) is 10.9. The Bertz CT molecular complexity index is 1070. The SMILES string of the molecule is CSC1=NC(C)(c2ccc(Oc3ccc(C)cc3)cc2)C(=O)N1Nc1ccccc1. The number of carbonyl (C=O) groups excluding carboxylic acids is 1. The largest absolute Gasteiger partial charge is 0.457 e. The summed E-state index contributed by atoms with van der Waals surface area (Å²) in [5.41, 5.74) is 5.00. The van der Waals surface area contributed by atoms with Gasteiger partial charge in [-0.2, -0.15) is 5.01 Å². The maximum atomic E-state index is 13.3. The molecule has 5 nitrogen and oxygen atoms in total. The Morgan fingerprint density at radius 3 is 2.13 bits per heavy atom. The number of thioether (sulfide) groups is 1. The normalized spacial score (nSPS) is 18.3. The lowest BCUT2D eigenvalue weighted by Crippen LogP contribution is -2.42. The van der Waals surface area contributed by atoms with Gasteiger partial charge in [0.05, 0.1) is 5.69 Å². The van der Waals surface area contributed by atoms with Gasteiger partial charge in [-0.3, -0.25) is 10.2 Å². The van der Waals surface area contributed by atoms with Gasteiger partial charge in [-0.25, -0.2) is 4.99 Å². The number of carbonyl (C=O) groups is 1. The van der Waals surface area contributed by atoms with Gasteiger partial charge in [0.15, 0.2) is 10.7 Å². The number of amidine groups is 1. The van der Waals surface area contributed by atoms with Crippen LogP contribution in [0.15, 0.2) is 83.9 Å². The Hall–Kier alpha value is -3.25. The van der Waals surface area contributed by atoms with Gasteiger partial charge in [0, 0.05) is 0 Å². The van der Waals surface area contributed by atoms with E-state index in [4.69, 9.17) is 9.73 Å². The molecular formula is C24H23N3O2S. The molecule has 1 aliphatic rings. The quantitative estimate of drug-likeness (QED) is 0.588. The van der Waals surface area contributed by atoms with Crippen LogP contribution in [0.4, 0.5) is 5.69 Å². The minimum atomic E-state index is -0.998. The molecule has 1 aliphatic heterocycles. The van der Waals surface area contributed by atoms with Crippen molar-refractivity contribution in [1.29, 1.82) is 0 Å². The standard InChI is InChI=1S/C24H23N3O2S/c1-17-9-13-20(14-10-17)29-21-15-11-18(12-16-21)24(2)22(28)27(23(25-24)30-3)26-19-7-5-4-6-8-19/h4-16,26H,1-3H3. The maximum absolute atomic E-state index is 13.3. The van der Waals surface area contributed by atoms with E-state index in [9.17, 15) is 4.79 Å². The molecule has 0 saturated heterocycles. The van der Waals surface area contributed by atoms with Crippen LogP contribution < -0.4 is 10.2 Å². The van der Waals surface area contributed by atoms with Crippen LogP contribution in [0.2, 0.25) is 0 Å². The lowest BCUT2D eigenvalue weighted by atomic mass is 9.92. The first kappa shape index (κ1) is 20.0. The molecule has 6 heteroatoms. The molecule has 30 heavy (non-hydrogen) atoms. The third kappa shape index (κ3) is 3.91. The summed E-state index contributed by atoms with van der Waals surface area (Å²) >= 11 is 1.43. The van der Waals surface area contributed by atoms with Crippen molar-refractivity contribution in [3.63, 3.8) is 0 Å². The first-order valence-electron chi connectivity index (χ1n) is 9.65. The molecule has 0 saturated carbocycles. The van der Waals surface area contributed by atoms with Crippen LogP contribution >= 0.6 is 11.8 Å². The second-order valence-corrected chi connectivity index (χ2v) is 8.00. The van der Waals surface area contributed by atoms with Crippen LogP contribution in [0.3, 0.4) is 0 Å². The van der Waals surface area contributed by atoms with Crippen molar-refractivity contribution in [1.82, 2.24) is 5.01 Å². The average molecular weight is 418 g/mol. The highest BCUT2D eigenvalue weighted by atomic mass is 32.2. The van der Waals surface area contributed by atoms with Crippen molar-refractivity contribution in [2.75, 3.05) is 11.7 Å². The summed E-state index contributed by atoms with van der Waals surface area (Å²) in [6.07, 6.45) is 1.91. The van der Waals surface area contributed by atoms with Crippen LogP contribution in [0, 0.1) is 6.92 Å². The van der Waals surface area contributed by atoms with E-state index < -0.39 is 5.54 Å². The lowest BCUT2D eigenvalue weighted by molar-refractivity contribution is -0.129. The van der Waals surface area contributed by atoms with Gasteiger partial charge >= 0.3 is 0 Å². The van der Waals surface area contributed by atoms with E-state index in [1.54, 1.807) is 0 Å². The monoisotopic (exact) mass is 417 g/mol. The molecule has 1 unspecified atom stereocenters. The smallest absolute Gasteiger partial charge is 0.279 e. The number of hydrogen-bond acceptors (Lipinski definition) is 5. The van der Waals surface area contributed by atoms with Crippen LogP contribution in [-0.4, -0.2) is 22.3 Å². The minimum absolute atomic E-state index is 0.122. The van der Waals surface area contributed by atoms with Gasteiger partial charge in [-0.05, 0) is 62.1 Å². The van der Waals surface area contributed by atoms with E-state index in [2.05, 4.69) is 5.43 Å². The fourth-order valence-corrected chi connectivity index (χ4v) is 3.83. The molecule has 0 radical (unpaired) electrons. The van der Waals surface area contributed by atoms with Crippen molar-refractivity contribution in [2.45, 2.75) is 19.4 Å². The number of nitrogens with zero attached hydrogens (tertiary/aromatic N) is 2. The number of anilines is 1. The molecular weight excluding hydrogens is 394 g/mol. The minimum Gasteiger partial charge on any atom is -0.457 e. The number of para-hydroxylation sites is 1. The summed E-state index contributed by atoms with van der Waals surface area (Å²) in [5.74, 6) is 1.37. The highest BCUT2D eigenvalue weighted by Crippen LogP contribution is 2.36. The molecule has 3 aromatic rings. The van der Waals surface area contributed by atoms with E-state index in [-0.39, 0.29) is 5.91 Å². The fraction of sp³-hybridized carbons (Fsp3) is 0.167. The Morgan fingerprint density at radius 1 is 0.933 bits per heavy atom. The topological polar surface area (TPSA) is 53.9 Å². The van der Waals surface area contributed by atoms with Crippen molar-refractivity contribution in [3.05, 3.63) is 90.0 Å². The number of aryl methyl sites for hydroxylation is 1. The van der Waals surface area contributed by atoms with Crippen molar-refractivity contribution in [3.8, 4) is 11.5 Å². The molecule has 4 rings (SSSR count). The zero-order chi connectivity index (χ0) is 21.1. The number of aliphatic imine (C=N–C) groups is 1. The van der Waals surface area contributed by atoms with Crippen LogP contribution in [-0.2, 0) is 10.3 Å². The average Bonchev–Trinajstić information content (AvgIpc) is 3.02. The summed E-state index contributed by atoms with van der Waals surface area (Å²) in [4.78, 5) is 18.1. The maximum Gasteiger partial charge on any atom is 0.279 e. The number of nitrogens with one attached hydrogen (secondary N) is 1. The molecule has 0 fully saturated rings. The number of hydrazine groups is 1. The van der Waals surface area contributed by atoms with Gasteiger partial charge in [0.2, 0.25) is 0 Å². The van der Waals surface area contributed by atoms with E-state index in [1.807, 2.05) is 99.0 Å². The first-order chi connectivity index (χ1) is 14.5. The fourth-order valence-electron chi connectivity index (χ4n) is 3.25. The zero-order valence-electron chi connectivity index (χ0n) is 17.1. The van der Waals surface area contributed by atoms with Crippen molar-refractivity contribution < 1.29 is 9.53 Å². The highest BCUT2D eigenvalue weighted by Gasteiger charge is 2.46. The third-order valence-corrected chi connectivity index (χ3v) is 5.64. The molecule has 0 aliphatic carbocycles. The Labute approximate surface area is 180 Å². The van der Waals surface area contributed by atoms with Crippen LogP contribution in [0.25, 0.3) is 0 Å². The zero-order valence-corrected chi connectivity index (χ0v) is 17.9. The lowest BCUT2D eigenvalue weighted by Gasteiger charge is -2.24. The van der Waals surface area contributed by atoms with Gasteiger partial charge in [0.25, 0.3) is 5.91 Å². The number of benzene rings is 3. The summed E-state index contributed by atoms with van der Waals surface area (Å²) in [5, 5.41) is 2.16. The van der Waals surface area contributed by atoms with Gasteiger partial charge in [-0.15, -0.1) is 0 Å². The molecule has 0 aromatic heterocycles. The Morgan fingerprint density at radius 2 is 1.53 bits per heavy atom. The predicted molar refractivity (Wildman–Crippen MR) is 123 cm³/mol. The highest BCUT2D eigenvalue weighted by molar-refractivity contribution is 8.13. The van der Waals surface area contributed by atoms with Crippen LogP contribution in [0.1, 0.15) is 18.1 Å². The molecule has 1 amide bonds. The van der Waals surface area contributed by atoms with E-state index >= 15 is 0 Å². The molecule has 0 bridgehead atoms. The molecule has 152 valence electrons. The number of ether oxygens (including phenoxy) is 1. The van der Waals surface area contributed by atoms with Gasteiger partial charge in [0.1, 0.15) is 11.5 Å². The molecule has 1 atom stereocenters. The molecule has 1 N–H and O–H groups in total. The van der Waals surface area contributed by atoms with Crippen LogP contribution in [0.5, 0.6) is 11.5 Å². The van der Waals surface area contributed by atoms with E-state index in [0.29, 0.717) is 10.9 Å². The molecule has 1 heterocycles. The summed E-state index contributed by atoms with van der Waals surface area (Å²) in [7, 11) is 0. The number of rotatable bonds is 5. The molecule has 3 aromatic carbocycles. The van der Waals surface area contributed by atoms with E-state index in [1.165, 1.54) is 22.3 Å². The second kappa shape index (κ2) is 8.24. The van der Waals surface area contributed by atoms with E-state index in [0.717, 1.165) is 17.0 Å². The summed E-state index contributed by atoms with van der Waals surface area (Å²) in [6, 6.07) is 25.0. The van der Waals surface area contributed by atoms with Crippen molar-refractivity contribution in [2.24, 2.45) is 4.99 Å². The van der Waals surface area contributed by atoms with Crippen molar-refractivity contribution >= 4 is 28.5 Å². The van der Waals surface area contributed by atoms with Gasteiger partial charge in [-0.1, -0.05) is 59.8 Å². The van der Waals surface area contributed by atoms with Gasteiger partial charge < -0.3 is 4.74 Å². The molecule has 0 spiro atoms. The summed E-state index contributed by atoms with van der Waals surface area (Å²) < 4.78 is 5.91. The Kier molecular flexibility index (Phi) is 5.50. The second-order valence-electron chi connectivity index (χ2n) is 7.23. The predicted octanol–water partition coefficient (Wildman–Crippen LogP) is 5.59. The summed E-state index contributed by atoms with van der Waals surface area (Å²) in [6.45, 7) is 3.88. The Balaban J connectivity index is 1.55.